The van der Waals surface area contributed by atoms with Crippen molar-refractivity contribution in [2.75, 3.05) is 6.67 Å². The highest BCUT2D eigenvalue weighted by Crippen LogP contribution is 1.69. The Labute approximate surface area is 53.1 Å². The zero-order valence-electron chi connectivity index (χ0n) is 6.79. The van der Waals surface area contributed by atoms with Gasteiger partial charge in [0.15, 0.2) is 0 Å². The molecule has 0 aliphatic rings. The summed E-state index contributed by atoms with van der Waals surface area (Å²) in [5.41, 5.74) is 0. The van der Waals surface area contributed by atoms with E-state index in [9.17, 15) is 4.39 Å². The van der Waals surface area contributed by atoms with E-state index >= 15 is 0 Å². The number of hydrogen-bond donors (Lipinski definition) is 0. The van der Waals surface area contributed by atoms with E-state index in [0.717, 1.165) is 0 Å². The van der Waals surface area contributed by atoms with Crippen LogP contribution in [0.4, 0.5) is 4.39 Å². The molecule has 0 aliphatic heterocycles. The van der Waals surface area contributed by atoms with Crippen LogP contribution in [0, 0.1) is 0 Å². The van der Waals surface area contributed by atoms with Crippen LogP contribution < -0.4 is 0 Å². The van der Waals surface area contributed by atoms with Crippen LogP contribution in [0.5, 0.6) is 0 Å². The average Bonchev–Trinajstić information content (AvgIpc) is 1.96. The summed E-state index contributed by atoms with van der Waals surface area (Å²) in [6, 6.07) is 0. The normalized spacial score (nSPS) is 5.25. The maximum atomic E-state index is 10.7. The van der Waals surface area contributed by atoms with Crippen LogP contribution in [-0.4, -0.2) is 6.67 Å². The Kier molecular flexibility index (Phi) is 128. The van der Waals surface area contributed by atoms with Gasteiger partial charge in [-0.05, 0) is 6.42 Å². The van der Waals surface area contributed by atoms with E-state index in [1.807, 2.05) is 27.7 Å². The molecule has 0 aromatic heterocycles. The molecule has 0 aromatic rings. The number of halogens is 1. The lowest BCUT2D eigenvalue weighted by Crippen LogP contribution is -1.58. The molecule has 0 spiro atoms. The second kappa shape index (κ2) is 65.4. The molecule has 0 aliphatic carbocycles. The first kappa shape index (κ1) is 15.7. The largest absolute Gasteiger partial charge is 0.251 e. The van der Waals surface area contributed by atoms with Crippen molar-refractivity contribution in [1.82, 2.24) is 0 Å². The average molecular weight is 122 g/mol. The van der Waals surface area contributed by atoms with Gasteiger partial charge in [-0.1, -0.05) is 34.6 Å². The number of hydrogen-bond acceptors (Lipinski definition) is 0. The Morgan fingerprint density at radius 2 is 1.12 bits per heavy atom. The van der Waals surface area contributed by atoms with Gasteiger partial charge in [0, 0.05) is 0 Å². The van der Waals surface area contributed by atoms with Crippen molar-refractivity contribution in [2.45, 2.75) is 41.0 Å². The summed E-state index contributed by atoms with van der Waals surface area (Å²) >= 11 is 0. The second-order valence-electron chi connectivity index (χ2n) is 0.689. The van der Waals surface area contributed by atoms with Crippen molar-refractivity contribution in [2.24, 2.45) is 0 Å². The Morgan fingerprint density at radius 1 is 1.00 bits per heavy atom. The Morgan fingerprint density at radius 3 is 1.12 bits per heavy atom. The molecule has 0 amide bonds. The SMILES string of the molecule is CC.CC.CCCF. The topological polar surface area (TPSA) is 0 Å². The van der Waals surface area contributed by atoms with Gasteiger partial charge >= 0.3 is 0 Å². The van der Waals surface area contributed by atoms with Crippen molar-refractivity contribution < 1.29 is 4.39 Å². The van der Waals surface area contributed by atoms with Gasteiger partial charge in [0.2, 0.25) is 0 Å². The highest BCUT2D eigenvalue weighted by atomic mass is 19.1. The van der Waals surface area contributed by atoms with Crippen LogP contribution in [0.2, 0.25) is 0 Å². The summed E-state index contributed by atoms with van der Waals surface area (Å²) in [6.07, 6.45) is 0.653. The molecule has 0 nitrogen and oxygen atoms in total. The number of alkyl halides is 1. The van der Waals surface area contributed by atoms with Crippen molar-refractivity contribution in [3.63, 3.8) is 0 Å². The van der Waals surface area contributed by atoms with E-state index in [2.05, 4.69) is 0 Å². The lowest BCUT2D eigenvalue weighted by molar-refractivity contribution is 0.487. The fraction of sp³-hybridized carbons (Fsp3) is 1.00. The molecule has 0 aromatic carbocycles. The third-order valence-corrected chi connectivity index (χ3v) is 0.189. The molecule has 0 radical (unpaired) electrons. The monoisotopic (exact) mass is 122 g/mol. The molecule has 0 N–H and O–H groups in total. The molecule has 0 fully saturated rings. The summed E-state index contributed by atoms with van der Waals surface area (Å²) in [7, 11) is 0. The van der Waals surface area contributed by atoms with Gasteiger partial charge in [-0.2, -0.15) is 0 Å². The Balaban J connectivity index is -0.0000000542. The summed E-state index contributed by atoms with van der Waals surface area (Å²) < 4.78 is 10.7. The summed E-state index contributed by atoms with van der Waals surface area (Å²) in [4.78, 5) is 0. The highest BCUT2D eigenvalue weighted by Gasteiger charge is 1.60. The Hall–Kier alpha value is -0.0700. The van der Waals surface area contributed by atoms with Gasteiger partial charge in [0.1, 0.15) is 0 Å². The van der Waals surface area contributed by atoms with Crippen LogP contribution in [-0.2, 0) is 0 Å². The van der Waals surface area contributed by atoms with Crippen LogP contribution >= 0.6 is 0 Å². The van der Waals surface area contributed by atoms with Gasteiger partial charge in [-0.25, -0.2) is 0 Å². The predicted molar refractivity (Wildman–Crippen MR) is 39.0 cm³/mol. The maximum absolute atomic E-state index is 10.7. The molecule has 0 saturated heterocycles. The first-order valence-corrected chi connectivity index (χ1v) is 3.47. The van der Waals surface area contributed by atoms with E-state index in [1.54, 1.807) is 6.92 Å². The molecule has 0 unspecified atom stereocenters. The zero-order valence-corrected chi connectivity index (χ0v) is 6.79. The third-order valence-electron chi connectivity index (χ3n) is 0.189. The second-order valence-corrected chi connectivity index (χ2v) is 0.689. The minimum absolute atomic E-state index is 0.181. The first-order chi connectivity index (χ1) is 3.91. The molecular weight excluding hydrogens is 103 g/mol. The minimum atomic E-state index is -0.181. The third kappa shape index (κ3) is 167. The molecule has 0 rings (SSSR count). The molecule has 1 heteroatoms. The van der Waals surface area contributed by atoms with Crippen molar-refractivity contribution in [3.05, 3.63) is 0 Å². The summed E-state index contributed by atoms with van der Waals surface area (Å²) in [5, 5.41) is 0. The van der Waals surface area contributed by atoms with Gasteiger partial charge in [0.05, 0.1) is 6.67 Å². The molecular formula is C7H19F. The van der Waals surface area contributed by atoms with Crippen LogP contribution in [0.25, 0.3) is 0 Å². The van der Waals surface area contributed by atoms with Crippen LogP contribution in [0.15, 0.2) is 0 Å². The number of rotatable bonds is 1. The molecule has 0 saturated carbocycles. The molecule has 54 valence electrons. The summed E-state index contributed by atoms with van der Waals surface area (Å²) in [5.74, 6) is 0. The van der Waals surface area contributed by atoms with Crippen LogP contribution in [0.1, 0.15) is 41.0 Å². The maximum Gasteiger partial charge on any atom is 0.0891 e. The minimum Gasteiger partial charge on any atom is -0.251 e. The predicted octanol–water partition coefficient (Wildman–Crippen LogP) is 3.42. The van der Waals surface area contributed by atoms with Crippen molar-refractivity contribution >= 4 is 0 Å². The van der Waals surface area contributed by atoms with Crippen molar-refractivity contribution in [1.29, 1.82) is 0 Å². The lowest BCUT2D eigenvalue weighted by atomic mass is 10.6. The lowest BCUT2D eigenvalue weighted by Gasteiger charge is -1.64. The first-order valence-electron chi connectivity index (χ1n) is 3.47. The van der Waals surface area contributed by atoms with Crippen molar-refractivity contribution in [3.8, 4) is 0 Å². The zero-order chi connectivity index (χ0) is 7.41. The van der Waals surface area contributed by atoms with E-state index < -0.39 is 0 Å². The van der Waals surface area contributed by atoms with Gasteiger partial charge in [0.25, 0.3) is 0 Å². The quantitative estimate of drug-likeness (QED) is 0.500. The van der Waals surface area contributed by atoms with E-state index in [0.29, 0.717) is 6.42 Å². The molecule has 0 atom stereocenters. The summed E-state index contributed by atoms with van der Waals surface area (Å²) in [6.45, 7) is 9.62. The highest BCUT2D eigenvalue weighted by molar-refractivity contribution is 4.11. The molecule has 0 heterocycles. The van der Waals surface area contributed by atoms with Gasteiger partial charge in [-0.3, -0.25) is 4.39 Å². The fourth-order valence-corrected chi connectivity index (χ4v) is 0. The Bertz CT molecular complexity index is 6.35. The van der Waals surface area contributed by atoms with Crippen LogP contribution in [0.3, 0.4) is 0 Å². The standard InChI is InChI=1S/C3H7F.2C2H6/c1-2-3-4;2*1-2/h2-3H2,1H3;2*1-2H3. The fourth-order valence-electron chi connectivity index (χ4n) is 0. The molecule has 8 heavy (non-hydrogen) atoms. The smallest absolute Gasteiger partial charge is 0.0891 e. The van der Waals surface area contributed by atoms with Gasteiger partial charge < -0.3 is 0 Å². The van der Waals surface area contributed by atoms with Gasteiger partial charge in [-0.15, -0.1) is 0 Å². The van der Waals surface area contributed by atoms with E-state index in [4.69, 9.17) is 0 Å². The molecule has 0 bridgehead atoms. The van der Waals surface area contributed by atoms with E-state index in [-0.39, 0.29) is 6.67 Å². The van der Waals surface area contributed by atoms with E-state index in [1.165, 1.54) is 0 Å².